The number of Topliss-reactive ketones (excluding diaryl/α,β-unsaturated/α-hetero) is 1. The summed E-state index contributed by atoms with van der Waals surface area (Å²) in [7, 11) is 0. The fraction of sp³-hybridized carbons (Fsp3) is 0.200. The number of esters is 1. The van der Waals surface area contributed by atoms with Crippen molar-refractivity contribution in [3.8, 4) is 23.0 Å². The number of aromatic hydroxyl groups is 4. The van der Waals surface area contributed by atoms with Gasteiger partial charge in [0, 0.05) is 17.2 Å². The van der Waals surface area contributed by atoms with E-state index >= 15 is 0 Å². The average Bonchev–Trinajstić information content (AvgIpc) is 2.84. The van der Waals surface area contributed by atoms with Crippen LogP contribution in [0.15, 0.2) is 39.7 Å². The van der Waals surface area contributed by atoms with Gasteiger partial charge in [-0.05, 0) is 24.1 Å². The molecule has 1 heterocycles. The SMILES string of the molecule is O=C(O)CCOCCOC(=O)c1c(O)c(O)cc2occ(C3=CCc4cc(O)c(O)cc4C3=O)c(=O)c12. The van der Waals surface area contributed by atoms with Crippen LogP contribution in [0, 0.1) is 0 Å². The van der Waals surface area contributed by atoms with E-state index in [-0.39, 0.29) is 54.9 Å². The first-order chi connectivity index (χ1) is 17.6. The van der Waals surface area contributed by atoms with Crippen LogP contribution in [0.1, 0.15) is 38.3 Å². The van der Waals surface area contributed by atoms with E-state index < -0.39 is 57.1 Å². The highest BCUT2D eigenvalue weighted by Crippen LogP contribution is 2.37. The van der Waals surface area contributed by atoms with Crippen LogP contribution in [-0.4, -0.2) is 63.1 Å². The molecule has 2 aromatic carbocycles. The second-order valence-electron chi connectivity index (χ2n) is 8.01. The topological polar surface area (TPSA) is 201 Å². The Hall–Kier alpha value is -4.84. The molecule has 12 heteroatoms. The van der Waals surface area contributed by atoms with E-state index in [0.29, 0.717) is 5.56 Å². The molecule has 0 aliphatic heterocycles. The molecule has 1 aromatic heterocycles. The van der Waals surface area contributed by atoms with Gasteiger partial charge >= 0.3 is 11.9 Å². The molecule has 0 saturated carbocycles. The molecule has 0 saturated heterocycles. The third kappa shape index (κ3) is 4.82. The number of phenolic OH excluding ortho intramolecular Hbond substituents is 4. The van der Waals surface area contributed by atoms with Gasteiger partial charge in [0.2, 0.25) is 5.43 Å². The van der Waals surface area contributed by atoms with Gasteiger partial charge in [0.05, 0.1) is 30.6 Å². The first kappa shape index (κ1) is 25.3. The Morgan fingerprint density at radius 2 is 1.65 bits per heavy atom. The van der Waals surface area contributed by atoms with Crippen molar-refractivity contribution in [2.24, 2.45) is 0 Å². The van der Waals surface area contributed by atoms with Crippen molar-refractivity contribution in [3.05, 3.63) is 63.0 Å². The molecule has 0 spiro atoms. The number of fused-ring (bicyclic) bond motifs is 2. The van der Waals surface area contributed by atoms with E-state index in [4.69, 9.17) is 19.0 Å². The Kier molecular flexibility index (Phi) is 6.85. The number of carbonyl (C=O) groups is 3. The average molecular weight is 512 g/mol. The number of carboxylic acids is 1. The van der Waals surface area contributed by atoms with Crippen LogP contribution < -0.4 is 5.43 Å². The molecule has 4 rings (SSSR count). The maximum Gasteiger partial charge on any atom is 0.343 e. The van der Waals surface area contributed by atoms with Gasteiger partial charge < -0.3 is 39.4 Å². The summed E-state index contributed by atoms with van der Waals surface area (Å²) in [5.74, 6) is -5.53. The minimum Gasteiger partial charge on any atom is -0.504 e. The van der Waals surface area contributed by atoms with Crippen LogP contribution in [0.3, 0.4) is 0 Å². The van der Waals surface area contributed by atoms with E-state index in [1.165, 1.54) is 12.1 Å². The lowest BCUT2D eigenvalue weighted by molar-refractivity contribution is -0.138. The summed E-state index contributed by atoms with van der Waals surface area (Å²) in [5, 5.41) is 48.1. The predicted molar refractivity (Wildman–Crippen MR) is 125 cm³/mol. The predicted octanol–water partition coefficient (Wildman–Crippen LogP) is 2.09. The zero-order chi connectivity index (χ0) is 26.9. The molecule has 0 unspecified atom stereocenters. The number of carbonyl (C=O) groups excluding carboxylic acids is 2. The summed E-state index contributed by atoms with van der Waals surface area (Å²) >= 11 is 0. The van der Waals surface area contributed by atoms with Crippen molar-refractivity contribution in [1.82, 2.24) is 0 Å². The smallest absolute Gasteiger partial charge is 0.343 e. The molecule has 0 radical (unpaired) electrons. The number of aliphatic carboxylic acids is 1. The highest BCUT2D eigenvalue weighted by molar-refractivity contribution is 6.30. The van der Waals surface area contributed by atoms with Crippen molar-refractivity contribution in [3.63, 3.8) is 0 Å². The third-order valence-corrected chi connectivity index (χ3v) is 5.65. The number of hydrogen-bond acceptors (Lipinski definition) is 11. The minimum atomic E-state index is -1.20. The van der Waals surface area contributed by atoms with Crippen molar-refractivity contribution in [2.75, 3.05) is 19.8 Å². The number of ether oxygens (including phenoxy) is 2. The Bertz CT molecular complexity index is 1530. The zero-order valence-electron chi connectivity index (χ0n) is 19.0. The standard InChI is InChI=1S/C25H20O12/c26-15-7-11-1-2-12(22(31)13(11)8-16(15)27)14-10-37-18-9-17(28)24(33)21(20(18)23(14)32)25(34)36-6-5-35-4-3-19(29)30/h2,7-10,26-28,33H,1,3-6H2,(H,29,30). The summed E-state index contributed by atoms with van der Waals surface area (Å²) in [6.45, 7) is -0.639. The van der Waals surface area contributed by atoms with Crippen LogP contribution in [-0.2, 0) is 20.7 Å². The Morgan fingerprint density at radius 3 is 2.38 bits per heavy atom. The summed E-state index contributed by atoms with van der Waals surface area (Å²) in [4.78, 5) is 49.8. The number of allylic oxidation sites excluding steroid dienone is 2. The molecule has 0 bridgehead atoms. The normalized spacial score (nSPS) is 12.8. The monoisotopic (exact) mass is 512 g/mol. The molecule has 3 aromatic rings. The largest absolute Gasteiger partial charge is 0.504 e. The number of hydrogen-bond donors (Lipinski definition) is 5. The van der Waals surface area contributed by atoms with Crippen molar-refractivity contribution < 1.29 is 53.8 Å². The van der Waals surface area contributed by atoms with Gasteiger partial charge in [0.1, 0.15) is 24.0 Å². The first-order valence-corrected chi connectivity index (χ1v) is 10.9. The summed E-state index contributed by atoms with van der Waals surface area (Å²) < 4.78 is 15.5. The molecule has 0 atom stereocenters. The van der Waals surface area contributed by atoms with Gasteiger partial charge in [-0.25, -0.2) is 4.79 Å². The van der Waals surface area contributed by atoms with Crippen LogP contribution >= 0.6 is 0 Å². The van der Waals surface area contributed by atoms with E-state index in [2.05, 4.69) is 0 Å². The number of carboxylic acid groups (broad SMARTS) is 1. The van der Waals surface area contributed by atoms with Crippen molar-refractivity contribution >= 4 is 34.3 Å². The summed E-state index contributed by atoms with van der Waals surface area (Å²) in [6.07, 6.45) is 2.28. The number of benzene rings is 2. The summed E-state index contributed by atoms with van der Waals surface area (Å²) in [6, 6.07) is 3.24. The van der Waals surface area contributed by atoms with Crippen molar-refractivity contribution in [2.45, 2.75) is 12.8 Å². The molecule has 192 valence electrons. The third-order valence-electron chi connectivity index (χ3n) is 5.65. The van der Waals surface area contributed by atoms with Gasteiger partial charge in [0.25, 0.3) is 0 Å². The fourth-order valence-electron chi connectivity index (χ4n) is 3.86. The molecule has 0 amide bonds. The molecular weight excluding hydrogens is 492 g/mol. The highest BCUT2D eigenvalue weighted by atomic mass is 16.6. The molecule has 12 nitrogen and oxygen atoms in total. The molecule has 1 aliphatic rings. The molecule has 1 aliphatic carbocycles. The lowest BCUT2D eigenvalue weighted by Crippen LogP contribution is -2.20. The Labute approximate surface area is 207 Å². The maximum atomic E-state index is 13.5. The minimum absolute atomic E-state index is 0.0587. The molecule has 0 fully saturated rings. The van der Waals surface area contributed by atoms with Gasteiger partial charge in [-0.3, -0.25) is 14.4 Å². The van der Waals surface area contributed by atoms with Crippen LogP contribution in [0.5, 0.6) is 23.0 Å². The van der Waals surface area contributed by atoms with E-state index in [1.54, 1.807) is 0 Å². The summed E-state index contributed by atoms with van der Waals surface area (Å²) in [5.41, 5.74) is -1.68. The number of ketones is 1. The number of rotatable bonds is 8. The van der Waals surface area contributed by atoms with Crippen LogP contribution in [0.25, 0.3) is 16.5 Å². The first-order valence-electron chi connectivity index (χ1n) is 10.9. The maximum absolute atomic E-state index is 13.5. The van der Waals surface area contributed by atoms with Crippen molar-refractivity contribution in [1.29, 1.82) is 0 Å². The molecule has 37 heavy (non-hydrogen) atoms. The molecular formula is C25H20O12. The second-order valence-corrected chi connectivity index (χ2v) is 8.01. The number of phenols is 4. The Balaban J connectivity index is 1.70. The second kappa shape index (κ2) is 10.0. The van der Waals surface area contributed by atoms with E-state index in [9.17, 15) is 39.6 Å². The zero-order valence-corrected chi connectivity index (χ0v) is 19.0. The highest BCUT2D eigenvalue weighted by Gasteiger charge is 2.29. The fourth-order valence-corrected chi connectivity index (χ4v) is 3.86. The Morgan fingerprint density at radius 1 is 0.919 bits per heavy atom. The lowest BCUT2D eigenvalue weighted by Gasteiger charge is -2.17. The van der Waals surface area contributed by atoms with Gasteiger partial charge in [-0.1, -0.05) is 6.08 Å². The van der Waals surface area contributed by atoms with Gasteiger partial charge in [-0.15, -0.1) is 0 Å². The van der Waals surface area contributed by atoms with Crippen LogP contribution in [0.2, 0.25) is 0 Å². The van der Waals surface area contributed by atoms with E-state index in [1.807, 2.05) is 0 Å². The lowest BCUT2D eigenvalue weighted by atomic mass is 9.86. The quantitative estimate of drug-likeness (QED) is 0.167. The van der Waals surface area contributed by atoms with Gasteiger partial charge in [0.15, 0.2) is 28.8 Å². The van der Waals surface area contributed by atoms with E-state index in [0.717, 1.165) is 18.4 Å². The van der Waals surface area contributed by atoms with Crippen LogP contribution in [0.4, 0.5) is 0 Å². The molecule has 5 N–H and O–H groups in total. The van der Waals surface area contributed by atoms with Gasteiger partial charge in [-0.2, -0.15) is 0 Å².